The van der Waals surface area contributed by atoms with E-state index in [2.05, 4.69) is 0 Å². The molecule has 7 heteroatoms. The van der Waals surface area contributed by atoms with Crippen molar-refractivity contribution in [1.82, 2.24) is 0 Å². The topological polar surface area (TPSA) is 85.2 Å². The Bertz CT molecular complexity index is 980. The van der Waals surface area contributed by atoms with E-state index in [4.69, 9.17) is 9.47 Å². The van der Waals surface area contributed by atoms with Crippen molar-refractivity contribution in [3.05, 3.63) is 94.5 Å². The molecule has 1 fully saturated rings. The Morgan fingerprint density at radius 1 is 1.00 bits per heavy atom. The lowest BCUT2D eigenvalue weighted by Crippen LogP contribution is -2.26. The minimum atomic E-state index is -0.579. The summed E-state index contributed by atoms with van der Waals surface area (Å²) >= 11 is 0. The maximum absolute atomic E-state index is 13.5. The van der Waals surface area contributed by atoms with E-state index in [9.17, 15) is 14.9 Å². The molecule has 1 aliphatic heterocycles. The summed E-state index contributed by atoms with van der Waals surface area (Å²) in [4.78, 5) is 26.2. The second-order valence-corrected chi connectivity index (χ2v) is 6.49. The summed E-state index contributed by atoms with van der Waals surface area (Å²) in [6, 6.07) is 22.5. The van der Waals surface area contributed by atoms with Crippen LogP contribution in [0.1, 0.15) is 10.4 Å². The number of amides is 1. The van der Waals surface area contributed by atoms with Crippen molar-refractivity contribution in [3.8, 4) is 5.75 Å². The van der Waals surface area contributed by atoms with Crippen molar-refractivity contribution in [3.63, 3.8) is 0 Å². The van der Waals surface area contributed by atoms with Gasteiger partial charge < -0.3 is 9.47 Å². The third kappa shape index (κ3) is 4.09. The Morgan fingerprint density at radius 3 is 2.10 bits per heavy atom. The first-order chi connectivity index (χ1) is 14.1. The van der Waals surface area contributed by atoms with Gasteiger partial charge in [0.25, 0.3) is 5.91 Å². The largest absolute Gasteiger partial charge is 0.484 e. The van der Waals surface area contributed by atoms with Gasteiger partial charge in [0.05, 0.1) is 11.5 Å². The quantitative estimate of drug-likeness (QED) is 0.340. The highest BCUT2D eigenvalue weighted by atomic mass is 16.6. The van der Waals surface area contributed by atoms with Gasteiger partial charge in [-0.15, -0.1) is 0 Å². The van der Waals surface area contributed by atoms with E-state index in [1.165, 1.54) is 17.0 Å². The number of carbonyl (C=O) groups excluding carboxylic acids is 1. The van der Waals surface area contributed by atoms with Gasteiger partial charge in [0.2, 0.25) is 0 Å². The van der Waals surface area contributed by atoms with Crippen LogP contribution in [0.2, 0.25) is 0 Å². The Balaban J connectivity index is 1.78. The van der Waals surface area contributed by atoms with Crippen LogP contribution >= 0.6 is 0 Å². The van der Waals surface area contributed by atoms with E-state index in [-0.39, 0.29) is 29.7 Å². The van der Waals surface area contributed by atoms with Gasteiger partial charge in [-0.25, -0.2) is 0 Å². The summed E-state index contributed by atoms with van der Waals surface area (Å²) in [7, 11) is 0. The zero-order chi connectivity index (χ0) is 20.2. The van der Waals surface area contributed by atoms with Crippen LogP contribution in [0.3, 0.4) is 0 Å². The van der Waals surface area contributed by atoms with Gasteiger partial charge in [-0.05, 0) is 36.4 Å². The van der Waals surface area contributed by atoms with E-state index in [0.717, 1.165) is 0 Å². The second-order valence-electron chi connectivity index (χ2n) is 6.49. The number of benzene rings is 3. The van der Waals surface area contributed by atoms with Crippen molar-refractivity contribution in [2.24, 2.45) is 0 Å². The van der Waals surface area contributed by atoms with Crippen molar-refractivity contribution in [1.29, 1.82) is 0 Å². The highest BCUT2D eigenvalue weighted by molar-refractivity contribution is 6.13. The first-order valence-electron chi connectivity index (χ1n) is 9.11. The van der Waals surface area contributed by atoms with Gasteiger partial charge in [0.1, 0.15) is 18.3 Å². The van der Waals surface area contributed by atoms with Gasteiger partial charge >= 0.3 is 5.69 Å². The molecular weight excluding hydrogens is 372 g/mol. The van der Waals surface area contributed by atoms with Gasteiger partial charge in [-0.1, -0.05) is 42.5 Å². The molecule has 1 saturated heterocycles. The fourth-order valence-corrected chi connectivity index (χ4v) is 3.00. The minimum absolute atomic E-state index is 0.0445. The lowest BCUT2D eigenvalue weighted by molar-refractivity contribution is -0.386. The number of carbonyl (C=O) groups is 1. The van der Waals surface area contributed by atoms with Crippen LogP contribution in [0.15, 0.2) is 78.9 Å². The summed E-state index contributed by atoms with van der Waals surface area (Å²) in [5, 5.41) is 11.8. The highest BCUT2D eigenvalue weighted by Crippen LogP contribution is 2.35. The van der Waals surface area contributed by atoms with Crippen LogP contribution in [0.5, 0.6) is 5.75 Å². The maximum Gasteiger partial charge on any atom is 0.323 e. The van der Waals surface area contributed by atoms with Gasteiger partial charge in [-0.3, -0.25) is 19.8 Å². The minimum Gasteiger partial charge on any atom is -0.484 e. The predicted molar refractivity (Wildman–Crippen MR) is 108 cm³/mol. The maximum atomic E-state index is 13.5. The average Bonchev–Trinajstić information content (AvgIpc) is 3.58. The van der Waals surface area contributed by atoms with Crippen molar-refractivity contribution < 1.29 is 19.2 Å². The third-order valence-electron chi connectivity index (χ3n) is 4.47. The highest BCUT2D eigenvalue weighted by Gasteiger charge is 2.31. The van der Waals surface area contributed by atoms with Gasteiger partial charge in [-0.2, -0.15) is 0 Å². The molecule has 29 heavy (non-hydrogen) atoms. The monoisotopic (exact) mass is 390 g/mol. The molecule has 0 spiro atoms. The molecule has 3 aromatic rings. The average molecular weight is 390 g/mol. The number of para-hydroxylation sites is 3. The Hall–Kier alpha value is -3.71. The molecule has 7 nitrogen and oxygen atoms in total. The molecule has 4 rings (SSSR count). The summed E-state index contributed by atoms with van der Waals surface area (Å²) in [5.74, 6) is -0.459. The Labute approximate surface area is 167 Å². The summed E-state index contributed by atoms with van der Waals surface area (Å²) in [5.41, 5.74) is 0.818. The number of epoxide rings is 1. The molecule has 1 unspecified atom stereocenters. The third-order valence-corrected chi connectivity index (χ3v) is 4.47. The number of hydrogen-bond donors (Lipinski definition) is 0. The lowest BCUT2D eigenvalue weighted by Gasteiger charge is -2.23. The molecule has 1 aliphatic rings. The Morgan fingerprint density at radius 2 is 1.59 bits per heavy atom. The molecule has 0 aliphatic carbocycles. The van der Waals surface area contributed by atoms with Crippen LogP contribution in [-0.4, -0.2) is 30.1 Å². The first-order valence-corrected chi connectivity index (χ1v) is 9.11. The SMILES string of the molecule is O=C(c1cccc(OCC2CO2)c1[N+](=O)[O-])N(c1ccccc1)c1ccccc1. The molecule has 0 bridgehead atoms. The normalized spacial score (nSPS) is 14.8. The molecule has 146 valence electrons. The number of anilines is 2. The molecule has 1 heterocycles. The predicted octanol–water partition coefficient (Wildman–Crippen LogP) is 4.35. The molecular formula is C22H18N2O5. The van der Waals surface area contributed by atoms with Crippen LogP contribution in [-0.2, 0) is 4.74 Å². The van der Waals surface area contributed by atoms with Crippen LogP contribution in [0, 0.1) is 10.1 Å². The summed E-state index contributed by atoms with van der Waals surface area (Å²) < 4.78 is 10.7. The van der Waals surface area contributed by atoms with Crippen molar-refractivity contribution in [2.75, 3.05) is 18.1 Å². The van der Waals surface area contributed by atoms with E-state index >= 15 is 0 Å². The van der Waals surface area contributed by atoms with Crippen molar-refractivity contribution >= 4 is 23.0 Å². The second kappa shape index (κ2) is 8.12. The van der Waals surface area contributed by atoms with Crippen LogP contribution in [0.4, 0.5) is 17.1 Å². The standard InChI is InChI=1S/C22H18N2O5/c25-22(23(16-8-3-1-4-9-16)17-10-5-2-6-11-17)19-12-7-13-20(21(19)24(26)27)29-15-18-14-28-18/h1-13,18H,14-15H2. The molecule has 1 atom stereocenters. The van der Waals surface area contributed by atoms with E-state index in [1.807, 2.05) is 36.4 Å². The smallest absolute Gasteiger partial charge is 0.323 e. The number of nitro benzene ring substituents is 1. The van der Waals surface area contributed by atoms with E-state index < -0.39 is 10.8 Å². The van der Waals surface area contributed by atoms with Gasteiger partial charge in [0.15, 0.2) is 5.75 Å². The molecule has 1 amide bonds. The summed E-state index contributed by atoms with van der Waals surface area (Å²) in [6.45, 7) is 0.780. The lowest BCUT2D eigenvalue weighted by atomic mass is 10.1. The van der Waals surface area contributed by atoms with Gasteiger partial charge in [0, 0.05) is 11.4 Å². The number of nitro groups is 1. The molecule has 0 N–H and O–H groups in total. The van der Waals surface area contributed by atoms with Crippen molar-refractivity contribution in [2.45, 2.75) is 6.10 Å². The fourth-order valence-electron chi connectivity index (χ4n) is 3.00. The zero-order valence-corrected chi connectivity index (χ0v) is 15.4. The molecule has 0 radical (unpaired) electrons. The van der Waals surface area contributed by atoms with E-state index in [0.29, 0.717) is 18.0 Å². The number of hydrogen-bond acceptors (Lipinski definition) is 5. The number of ether oxygens (including phenoxy) is 2. The number of rotatable bonds is 7. The van der Waals surface area contributed by atoms with Crippen LogP contribution < -0.4 is 9.64 Å². The molecule has 3 aromatic carbocycles. The fraction of sp³-hybridized carbons (Fsp3) is 0.136. The van der Waals surface area contributed by atoms with Crippen LogP contribution in [0.25, 0.3) is 0 Å². The summed E-state index contributed by atoms with van der Waals surface area (Å²) in [6.07, 6.45) is -0.0564. The molecule has 0 saturated carbocycles. The van der Waals surface area contributed by atoms with E-state index in [1.54, 1.807) is 30.3 Å². The first kappa shape index (κ1) is 18.6. The zero-order valence-electron chi connectivity index (χ0n) is 15.4. The number of nitrogens with zero attached hydrogens (tertiary/aromatic N) is 2. The molecule has 0 aromatic heterocycles. The Kier molecular flexibility index (Phi) is 5.22.